The number of carboxylic acids is 1. The molecular formula is C14H24N2O3. The Bertz CT molecular complexity index is 327. The van der Waals surface area contributed by atoms with Gasteiger partial charge in [0, 0.05) is 6.54 Å². The first kappa shape index (κ1) is 14.3. The van der Waals surface area contributed by atoms with E-state index in [-0.39, 0.29) is 23.8 Å². The molecule has 1 amide bonds. The van der Waals surface area contributed by atoms with Crippen LogP contribution in [0, 0.1) is 11.8 Å². The van der Waals surface area contributed by atoms with Crippen LogP contribution in [0.3, 0.4) is 0 Å². The van der Waals surface area contributed by atoms with E-state index >= 15 is 0 Å². The van der Waals surface area contributed by atoms with E-state index in [1.807, 2.05) is 0 Å². The summed E-state index contributed by atoms with van der Waals surface area (Å²) in [7, 11) is 0. The summed E-state index contributed by atoms with van der Waals surface area (Å²) in [6.07, 6.45) is 6.84. The highest BCUT2D eigenvalue weighted by Gasteiger charge is 2.31. The molecule has 2 unspecified atom stereocenters. The van der Waals surface area contributed by atoms with Gasteiger partial charge in [-0.1, -0.05) is 19.3 Å². The smallest absolute Gasteiger partial charge is 0.306 e. The third-order valence-electron chi connectivity index (χ3n) is 4.39. The van der Waals surface area contributed by atoms with Crippen LogP contribution < -0.4 is 10.6 Å². The van der Waals surface area contributed by atoms with Crippen molar-refractivity contribution in [2.75, 3.05) is 13.1 Å². The van der Waals surface area contributed by atoms with Gasteiger partial charge in [0.25, 0.3) is 0 Å². The highest BCUT2D eigenvalue weighted by molar-refractivity contribution is 5.81. The summed E-state index contributed by atoms with van der Waals surface area (Å²) in [5.74, 6) is -0.865. The van der Waals surface area contributed by atoms with E-state index in [1.165, 1.54) is 0 Å². The first-order valence-electron chi connectivity index (χ1n) is 7.42. The summed E-state index contributed by atoms with van der Waals surface area (Å²) in [5.41, 5.74) is 0. The average Bonchev–Trinajstić information content (AvgIpc) is 2.46. The van der Waals surface area contributed by atoms with Gasteiger partial charge in [-0.05, 0) is 38.1 Å². The Balaban J connectivity index is 1.79. The summed E-state index contributed by atoms with van der Waals surface area (Å²) >= 11 is 0. The number of carbonyl (C=O) groups excluding carboxylic acids is 1. The van der Waals surface area contributed by atoms with E-state index in [0.717, 1.165) is 51.5 Å². The van der Waals surface area contributed by atoms with Gasteiger partial charge in [0.1, 0.15) is 0 Å². The lowest BCUT2D eigenvalue weighted by Crippen LogP contribution is -2.48. The van der Waals surface area contributed by atoms with Gasteiger partial charge in [0.15, 0.2) is 0 Å². The number of hydrogen-bond donors (Lipinski definition) is 3. The van der Waals surface area contributed by atoms with E-state index in [9.17, 15) is 14.7 Å². The number of rotatable bonds is 4. The van der Waals surface area contributed by atoms with Crippen LogP contribution >= 0.6 is 0 Å². The fourth-order valence-electron chi connectivity index (χ4n) is 3.21. The van der Waals surface area contributed by atoms with Gasteiger partial charge in [-0.2, -0.15) is 0 Å². The molecule has 0 bridgehead atoms. The first-order chi connectivity index (χ1) is 9.18. The number of hydrogen-bond acceptors (Lipinski definition) is 3. The van der Waals surface area contributed by atoms with E-state index in [2.05, 4.69) is 10.6 Å². The molecule has 2 rings (SSSR count). The molecule has 5 heteroatoms. The number of amides is 1. The third kappa shape index (κ3) is 3.93. The fraction of sp³-hybridized carbons (Fsp3) is 0.857. The Hall–Kier alpha value is -1.10. The van der Waals surface area contributed by atoms with Crippen molar-refractivity contribution in [1.29, 1.82) is 0 Å². The van der Waals surface area contributed by atoms with E-state index < -0.39 is 5.97 Å². The minimum Gasteiger partial charge on any atom is -0.481 e. The van der Waals surface area contributed by atoms with E-state index in [1.54, 1.807) is 0 Å². The number of carbonyl (C=O) groups is 2. The summed E-state index contributed by atoms with van der Waals surface area (Å²) in [5, 5.41) is 15.4. The van der Waals surface area contributed by atoms with E-state index in [4.69, 9.17) is 0 Å². The van der Waals surface area contributed by atoms with Crippen LogP contribution in [-0.2, 0) is 9.59 Å². The maximum atomic E-state index is 12.0. The molecule has 0 aromatic rings. The fourth-order valence-corrected chi connectivity index (χ4v) is 3.21. The SMILES string of the molecule is O=C(O)C1CCCCC1CNC(=O)[C@@H]1CCCCN1. The molecule has 0 spiro atoms. The molecule has 1 aliphatic carbocycles. The molecule has 3 N–H and O–H groups in total. The molecule has 3 atom stereocenters. The third-order valence-corrected chi connectivity index (χ3v) is 4.39. The van der Waals surface area contributed by atoms with Crippen molar-refractivity contribution in [2.24, 2.45) is 11.8 Å². The van der Waals surface area contributed by atoms with Crippen LogP contribution in [0.2, 0.25) is 0 Å². The number of piperidine rings is 1. The molecule has 1 heterocycles. The van der Waals surface area contributed by atoms with Crippen molar-refractivity contribution >= 4 is 11.9 Å². The Kier molecular flexibility index (Phi) is 5.19. The molecule has 2 aliphatic rings. The van der Waals surface area contributed by atoms with Crippen molar-refractivity contribution in [1.82, 2.24) is 10.6 Å². The zero-order valence-electron chi connectivity index (χ0n) is 11.4. The summed E-state index contributed by atoms with van der Waals surface area (Å²) in [4.78, 5) is 23.2. The van der Waals surface area contributed by atoms with Crippen molar-refractivity contribution < 1.29 is 14.7 Å². The van der Waals surface area contributed by atoms with Crippen LogP contribution in [0.4, 0.5) is 0 Å². The Labute approximate surface area is 114 Å². The molecule has 2 fully saturated rings. The van der Waals surface area contributed by atoms with Crippen molar-refractivity contribution in [2.45, 2.75) is 51.0 Å². The van der Waals surface area contributed by atoms with Gasteiger partial charge in [0.05, 0.1) is 12.0 Å². The maximum absolute atomic E-state index is 12.0. The zero-order chi connectivity index (χ0) is 13.7. The Morgan fingerprint density at radius 2 is 1.84 bits per heavy atom. The Morgan fingerprint density at radius 3 is 2.53 bits per heavy atom. The van der Waals surface area contributed by atoms with Crippen molar-refractivity contribution in [3.05, 3.63) is 0 Å². The van der Waals surface area contributed by atoms with Crippen LogP contribution in [0.5, 0.6) is 0 Å². The topological polar surface area (TPSA) is 78.4 Å². The predicted molar refractivity (Wildman–Crippen MR) is 71.7 cm³/mol. The standard InChI is InChI=1S/C14H24N2O3/c17-13(12-7-3-4-8-15-12)16-9-10-5-1-2-6-11(10)14(18)19/h10-12,15H,1-9H2,(H,16,17)(H,18,19)/t10?,11?,12-/m0/s1. The van der Waals surface area contributed by atoms with E-state index in [0.29, 0.717) is 6.54 Å². The van der Waals surface area contributed by atoms with Gasteiger partial charge in [0.2, 0.25) is 5.91 Å². The molecule has 1 aliphatic heterocycles. The summed E-state index contributed by atoms with van der Waals surface area (Å²) < 4.78 is 0. The zero-order valence-corrected chi connectivity index (χ0v) is 11.4. The van der Waals surface area contributed by atoms with Gasteiger partial charge in [-0.15, -0.1) is 0 Å². The number of nitrogens with one attached hydrogen (secondary N) is 2. The van der Waals surface area contributed by atoms with Gasteiger partial charge < -0.3 is 15.7 Å². The highest BCUT2D eigenvalue weighted by atomic mass is 16.4. The molecule has 0 aromatic heterocycles. The van der Waals surface area contributed by atoms with Gasteiger partial charge in [-0.25, -0.2) is 0 Å². The second-order valence-electron chi connectivity index (χ2n) is 5.74. The van der Waals surface area contributed by atoms with Crippen LogP contribution in [0.25, 0.3) is 0 Å². The van der Waals surface area contributed by atoms with Gasteiger partial charge in [-0.3, -0.25) is 9.59 Å². The van der Waals surface area contributed by atoms with Crippen molar-refractivity contribution in [3.8, 4) is 0 Å². The summed E-state index contributed by atoms with van der Waals surface area (Å²) in [6.45, 7) is 1.41. The van der Waals surface area contributed by atoms with Gasteiger partial charge >= 0.3 is 5.97 Å². The first-order valence-corrected chi connectivity index (χ1v) is 7.42. The quantitative estimate of drug-likeness (QED) is 0.714. The molecule has 19 heavy (non-hydrogen) atoms. The molecular weight excluding hydrogens is 244 g/mol. The number of carboxylic acid groups (broad SMARTS) is 1. The molecule has 108 valence electrons. The van der Waals surface area contributed by atoms with Crippen LogP contribution in [0.1, 0.15) is 44.9 Å². The van der Waals surface area contributed by atoms with Crippen molar-refractivity contribution in [3.63, 3.8) is 0 Å². The monoisotopic (exact) mass is 268 g/mol. The van der Waals surface area contributed by atoms with Crippen LogP contribution in [0.15, 0.2) is 0 Å². The maximum Gasteiger partial charge on any atom is 0.306 e. The van der Waals surface area contributed by atoms with Crippen LogP contribution in [-0.4, -0.2) is 36.1 Å². The molecule has 5 nitrogen and oxygen atoms in total. The minimum atomic E-state index is -0.713. The highest BCUT2D eigenvalue weighted by Crippen LogP contribution is 2.29. The minimum absolute atomic E-state index is 0.0365. The lowest BCUT2D eigenvalue weighted by Gasteiger charge is -2.29. The lowest BCUT2D eigenvalue weighted by molar-refractivity contribution is -0.145. The predicted octanol–water partition coefficient (Wildman–Crippen LogP) is 1.14. The molecule has 0 radical (unpaired) electrons. The largest absolute Gasteiger partial charge is 0.481 e. The lowest BCUT2D eigenvalue weighted by atomic mass is 9.79. The second kappa shape index (κ2) is 6.89. The molecule has 1 saturated carbocycles. The molecule has 1 saturated heterocycles. The number of aliphatic carboxylic acids is 1. The molecule has 0 aromatic carbocycles. The average molecular weight is 268 g/mol. The second-order valence-corrected chi connectivity index (χ2v) is 5.74. The summed E-state index contributed by atoms with van der Waals surface area (Å²) in [6, 6.07) is -0.0828. The Morgan fingerprint density at radius 1 is 1.11 bits per heavy atom. The normalized spacial score (nSPS) is 31.7.